The molecule has 0 saturated heterocycles. The van der Waals surface area contributed by atoms with Crippen LogP contribution in [0.1, 0.15) is 25.5 Å². The van der Waals surface area contributed by atoms with E-state index in [1.54, 1.807) is 6.26 Å². The van der Waals surface area contributed by atoms with Crippen LogP contribution in [0.4, 0.5) is 0 Å². The van der Waals surface area contributed by atoms with E-state index in [1.807, 2.05) is 6.07 Å². The first-order valence-electron chi connectivity index (χ1n) is 5.67. The lowest BCUT2D eigenvalue weighted by atomic mass is 10.2. The molecule has 15 heavy (non-hydrogen) atoms. The monoisotopic (exact) mass is 225 g/mol. The smallest absolute Gasteiger partial charge is 0.117 e. The summed E-state index contributed by atoms with van der Waals surface area (Å²) < 4.78 is 5.40. The topological polar surface area (TPSA) is 16.4 Å². The summed E-state index contributed by atoms with van der Waals surface area (Å²) in [5, 5.41) is 0. The second-order valence-corrected chi connectivity index (χ2v) is 4.89. The van der Waals surface area contributed by atoms with Crippen molar-refractivity contribution in [2.24, 2.45) is 5.92 Å². The van der Waals surface area contributed by atoms with Gasteiger partial charge in [0.25, 0.3) is 0 Å². The lowest BCUT2D eigenvalue weighted by Crippen LogP contribution is -2.30. The number of rotatable bonds is 6. The molecule has 2 nitrogen and oxygen atoms in total. The molecule has 1 aromatic rings. The van der Waals surface area contributed by atoms with Crippen LogP contribution in [0, 0.1) is 5.92 Å². The Balaban J connectivity index is 1.88. The first kappa shape index (κ1) is 11.1. The molecule has 84 valence electrons. The highest BCUT2D eigenvalue weighted by molar-refractivity contribution is 7.80. The average molecular weight is 225 g/mol. The summed E-state index contributed by atoms with van der Waals surface area (Å²) in [6.07, 6.45) is 4.45. The third kappa shape index (κ3) is 3.28. The predicted octanol–water partition coefficient (Wildman–Crippen LogP) is 2.81. The molecule has 3 heteroatoms. The summed E-state index contributed by atoms with van der Waals surface area (Å²) in [5.74, 6) is 2.69. The molecule has 1 aliphatic rings. The maximum atomic E-state index is 5.40. The zero-order chi connectivity index (χ0) is 10.7. The fourth-order valence-electron chi connectivity index (χ4n) is 1.84. The maximum Gasteiger partial charge on any atom is 0.117 e. The summed E-state index contributed by atoms with van der Waals surface area (Å²) in [5.41, 5.74) is 0. The van der Waals surface area contributed by atoms with E-state index in [2.05, 4.69) is 30.5 Å². The zero-order valence-corrected chi connectivity index (χ0v) is 10.1. The van der Waals surface area contributed by atoms with Gasteiger partial charge in [0.2, 0.25) is 0 Å². The van der Waals surface area contributed by atoms with Crippen LogP contribution in [-0.2, 0) is 6.54 Å². The van der Waals surface area contributed by atoms with Gasteiger partial charge in [-0.2, -0.15) is 12.6 Å². The van der Waals surface area contributed by atoms with Gasteiger partial charge < -0.3 is 4.42 Å². The highest BCUT2D eigenvalue weighted by Crippen LogP contribution is 2.29. The van der Waals surface area contributed by atoms with Gasteiger partial charge in [0.1, 0.15) is 5.76 Å². The van der Waals surface area contributed by atoms with Crippen molar-refractivity contribution in [3.05, 3.63) is 24.2 Å². The molecule has 0 spiro atoms. The van der Waals surface area contributed by atoms with Crippen molar-refractivity contribution in [3.63, 3.8) is 0 Å². The summed E-state index contributed by atoms with van der Waals surface area (Å²) in [6.45, 7) is 4.34. The van der Waals surface area contributed by atoms with Gasteiger partial charge in [-0.3, -0.25) is 4.90 Å². The molecule has 0 radical (unpaired) electrons. The zero-order valence-electron chi connectivity index (χ0n) is 9.22. The van der Waals surface area contributed by atoms with E-state index in [4.69, 9.17) is 4.42 Å². The van der Waals surface area contributed by atoms with Gasteiger partial charge in [0.05, 0.1) is 12.8 Å². The Morgan fingerprint density at radius 3 is 2.93 bits per heavy atom. The van der Waals surface area contributed by atoms with Gasteiger partial charge in [-0.25, -0.2) is 0 Å². The Hall–Kier alpha value is -0.410. The normalized spacial score (nSPS) is 18.3. The molecule has 0 aromatic carbocycles. The summed E-state index contributed by atoms with van der Waals surface area (Å²) in [7, 11) is 0. The van der Waals surface area contributed by atoms with Crippen LogP contribution in [0.5, 0.6) is 0 Å². The Morgan fingerprint density at radius 1 is 1.60 bits per heavy atom. The largest absolute Gasteiger partial charge is 0.468 e. The molecule has 1 atom stereocenters. The van der Waals surface area contributed by atoms with Crippen LogP contribution in [0.15, 0.2) is 22.8 Å². The van der Waals surface area contributed by atoms with E-state index in [9.17, 15) is 0 Å². The molecule has 1 aliphatic carbocycles. The van der Waals surface area contributed by atoms with Gasteiger partial charge in [0.15, 0.2) is 0 Å². The Kier molecular flexibility index (Phi) is 3.76. The third-order valence-electron chi connectivity index (χ3n) is 2.86. The Bertz CT molecular complexity index is 282. The van der Waals surface area contributed by atoms with Gasteiger partial charge >= 0.3 is 0 Å². The van der Waals surface area contributed by atoms with Crippen LogP contribution in [0.25, 0.3) is 0 Å². The van der Waals surface area contributed by atoms with Crippen molar-refractivity contribution in [1.29, 1.82) is 0 Å². The highest BCUT2D eigenvalue weighted by atomic mass is 32.1. The molecule has 0 N–H and O–H groups in total. The molecule has 2 rings (SSSR count). The number of nitrogens with zero attached hydrogens (tertiary/aromatic N) is 1. The Morgan fingerprint density at radius 2 is 2.40 bits per heavy atom. The van der Waals surface area contributed by atoms with Gasteiger partial charge in [0, 0.05) is 12.6 Å². The molecular formula is C12H19NOS. The van der Waals surface area contributed by atoms with Gasteiger partial charge in [-0.15, -0.1) is 0 Å². The molecular weight excluding hydrogens is 206 g/mol. The van der Waals surface area contributed by atoms with Gasteiger partial charge in [-0.1, -0.05) is 6.92 Å². The van der Waals surface area contributed by atoms with Gasteiger partial charge in [-0.05, 0) is 36.6 Å². The number of hydrogen-bond acceptors (Lipinski definition) is 3. The quantitative estimate of drug-likeness (QED) is 0.750. The molecule has 1 fully saturated rings. The molecule has 1 aromatic heterocycles. The molecule has 1 saturated carbocycles. The van der Waals surface area contributed by atoms with Crippen molar-refractivity contribution in [3.8, 4) is 0 Å². The van der Waals surface area contributed by atoms with Crippen LogP contribution in [0.3, 0.4) is 0 Å². The van der Waals surface area contributed by atoms with Crippen molar-refractivity contribution in [2.45, 2.75) is 32.4 Å². The fraction of sp³-hybridized carbons (Fsp3) is 0.667. The van der Waals surface area contributed by atoms with Crippen LogP contribution in [-0.4, -0.2) is 23.2 Å². The van der Waals surface area contributed by atoms with Crippen LogP contribution < -0.4 is 0 Å². The van der Waals surface area contributed by atoms with Crippen molar-refractivity contribution >= 4 is 12.6 Å². The van der Waals surface area contributed by atoms with Crippen LogP contribution >= 0.6 is 12.6 Å². The van der Waals surface area contributed by atoms with E-state index in [-0.39, 0.29) is 0 Å². The van der Waals surface area contributed by atoms with Crippen molar-refractivity contribution in [2.75, 3.05) is 12.3 Å². The molecule has 0 aliphatic heterocycles. The predicted molar refractivity (Wildman–Crippen MR) is 65.2 cm³/mol. The molecule has 0 amide bonds. The van der Waals surface area contributed by atoms with Crippen molar-refractivity contribution < 1.29 is 4.42 Å². The maximum absolute atomic E-state index is 5.40. The minimum atomic E-state index is 0.656. The van der Waals surface area contributed by atoms with E-state index < -0.39 is 0 Å². The van der Waals surface area contributed by atoms with Crippen molar-refractivity contribution in [1.82, 2.24) is 4.90 Å². The third-order valence-corrected chi connectivity index (χ3v) is 3.48. The SMILES string of the molecule is CC(CS)CN(Cc1ccco1)C1CC1. The van der Waals surface area contributed by atoms with E-state index >= 15 is 0 Å². The number of furan rings is 1. The summed E-state index contributed by atoms with van der Waals surface area (Å²) in [6, 6.07) is 4.81. The lowest BCUT2D eigenvalue weighted by molar-refractivity contribution is 0.210. The minimum Gasteiger partial charge on any atom is -0.468 e. The molecule has 1 unspecified atom stereocenters. The first-order valence-corrected chi connectivity index (χ1v) is 6.30. The first-order chi connectivity index (χ1) is 7.29. The minimum absolute atomic E-state index is 0.656. The Labute approximate surface area is 97.1 Å². The summed E-state index contributed by atoms with van der Waals surface area (Å²) >= 11 is 4.34. The fourth-order valence-corrected chi connectivity index (χ4v) is 1.96. The highest BCUT2D eigenvalue weighted by Gasteiger charge is 2.29. The van der Waals surface area contributed by atoms with E-state index in [0.717, 1.165) is 30.6 Å². The number of hydrogen-bond donors (Lipinski definition) is 1. The lowest BCUT2D eigenvalue weighted by Gasteiger charge is -2.23. The molecule has 1 heterocycles. The van der Waals surface area contributed by atoms with E-state index in [0.29, 0.717) is 5.92 Å². The standard InChI is InChI=1S/C12H19NOS/c1-10(9-15)7-13(11-4-5-11)8-12-3-2-6-14-12/h2-3,6,10-11,15H,4-5,7-9H2,1H3. The second-order valence-electron chi connectivity index (χ2n) is 4.53. The average Bonchev–Trinajstić information content (AvgIpc) is 2.97. The van der Waals surface area contributed by atoms with E-state index in [1.165, 1.54) is 12.8 Å². The summed E-state index contributed by atoms with van der Waals surface area (Å²) in [4.78, 5) is 2.53. The number of thiol groups is 1. The molecule has 0 bridgehead atoms. The second kappa shape index (κ2) is 5.08. The van der Waals surface area contributed by atoms with Crippen LogP contribution in [0.2, 0.25) is 0 Å².